The molecule has 2 aliphatic rings. The summed E-state index contributed by atoms with van der Waals surface area (Å²) < 4.78 is 0. The Morgan fingerprint density at radius 1 is 1.33 bits per heavy atom. The first-order valence-corrected chi connectivity index (χ1v) is 4.75. The summed E-state index contributed by atoms with van der Waals surface area (Å²) >= 11 is 0. The number of rotatable bonds is 2. The average molecular weight is 214 g/mol. The van der Waals surface area contributed by atoms with Gasteiger partial charge in [0.25, 0.3) is 0 Å². The van der Waals surface area contributed by atoms with E-state index in [9.17, 15) is 9.59 Å². The van der Waals surface area contributed by atoms with Crippen LogP contribution in [-0.4, -0.2) is 71.4 Å². The molecule has 4 amide bonds. The van der Waals surface area contributed by atoms with E-state index in [4.69, 9.17) is 5.11 Å². The van der Waals surface area contributed by atoms with Crippen molar-refractivity contribution in [2.45, 2.75) is 12.3 Å². The summed E-state index contributed by atoms with van der Waals surface area (Å²) in [5.74, 6) is 0. The van der Waals surface area contributed by atoms with Crippen molar-refractivity contribution in [3.63, 3.8) is 0 Å². The Morgan fingerprint density at radius 3 is 2.60 bits per heavy atom. The Labute approximate surface area is 87.2 Å². The van der Waals surface area contributed by atoms with Gasteiger partial charge in [-0.25, -0.2) is 9.59 Å². The van der Waals surface area contributed by atoms with E-state index < -0.39 is 0 Å². The summed E-state index contributed by atoms with van der Waals surface area (Å²) in [4.78, 5) is 27.5. The van der Waals surface area contributed by atoms with E-state index >= 15 is 0 Å². The van der Waals surface area contributed by atoms with Crippen molar-refractivity contribution >= 4 is 12.1 Å². The van der Waals surface area contributed by atoms with Crippen LogP contribution in [0.3, 0.4) is 0 Å². The number of nitrogens with zero attached hydrogens (tertiary/aromatic N) is 3. The number of aliphatic hydroxyl groups is 1. The van der Waals surface area contributed by atoms with E-state index in [2.05, 4.69) is 5.32 Å². The maximum absolute atomic E-state index is 11.6. The van der Waals surface area contributed by atoms with Gasteiger partial charge in [-0.3, -0.25) is 4.90 Å². The molecule has 2 N–H and O–H groups in total. The molecule has 2 atom stereocenters. The van der Waals surface area contributed by atoms with E-state index in [1.54, 1.807) is 14.1 Å². The highest BCUT2D eigenvalue weighted by atomic mass is 16.3. The fourth-order valence-corrected chi connectivity index (χ4v) is 2.11. The first kappa shape index (κ1) is 10.0. The molecule has 2 aliphatic heterocycles. The molecular formula is C8H14N4O3. The molecule has 2 heterocycles. The molecule has 0 spiro atoms. The monoisotopic (exact) mass is 214 g/mol. The maximum atomic E-state index is 11.6. The third-order valence-corrected chi connectivity index (χ3v) is 2.89. The fraction of sp³-hybridized carbons (Fsp3) is 0.750. The Kier molecular flexibility index (Phi) is 2.18. The zero-order valence-electron chi connectivity index (χ0n) is 8.67. The third-order valence-electron chi connectivity index (χ3n) is 2.89. The Morgan fingerprint density at radius 2 is 2.00 bits per heavy atom. The molecule has 7 nitrogen and oxygen atoms in total. The second-order valence-electron chi connectivity index (χ2n) is 3.73. The normalized spacial score (nSPS) is 29.9. The number of nitrogens with one attached hydrogen (secondary N) is 1. The highest BCUT2D eigenvalue weighted by Gasteiger charge is 2.52. The number of urea groups is 2. The van der Waals surface area contributed by atoms with Crippen LogP contribution in [0.25, 0.3) is 0 Å². The predicted molar refractivity (Wildman–Crippen MR) is 50.8 cm³/mol. The summed E-state index contributed by atoms with van der Waals surface area (Å²) in [6, 6.07) is -0.377. The average Bonchev–Trinajstić information content (AvgIpc) is 2.62. The van der Waals surface area contributed by atoms with Crippen LogP contribution >= 0.6 is 0 Å². The molecule has 0 aromatic carbocycles. The van der Waals surface area contributed by atoms with Gasteiger partial charge in [0, 0.05) is 20.6 Å². The van der Waals surface area contributed by atoms with Crippen molar-refractivity contribution in [2.75, 3.05) is 27.2 Å². The fourth-order valence-electron chi connectivity index (χ4n) is 2.11. The summed E-state index contributed by atoms with van der Waals surface area (Å²) in [5, 5.41) is 11.5. The Bertz CT molecular complexity index is 308. The van der Waals surface area contributed by atoms with Crippen LogP contribution in [0.1, 0.15) is 0 Å². The maximum Gasteiger partial charge on any atom is 0.323 e. The molecule has 15 heavy (non-hydrogen) atoms. The van der Waals surface area contributed by atoms with E-state index in [1.807, 2.05) is 0 Å². The van der Waals surface area contributed by atoms with Crippen molar-refractivity contribution in [1.82, 2.24) is 20.0 Å². The summed E-state index contributed by atoms with van der Waals surface area (Å²) in [6.07, 6.45) is -0.635. The Hall–Kier alpha value is -1.50. The smallest absolute Gasteiger partial charge is 0.323 e. The summed E-state index contributed by atoms with van der Waals surface area (Å²) in [7, 11) is 3.29. The minimum Gasteiger partial charge on any atom is -0.395 e. The lowest BCUT2D eigenvalue weighted by molar-refractivity contribution is 0.126. The largest absolute Gasteiger partial charge is 0.395 e. The van der Waals surface area contributed by atoms with Crippen LogP contribution in [0.15, 0.2) is 0 Å². The van der Waals surface area contributed by atoms with Gasteiger partial charge in [0.1, 0.15) is 12.3 Å². The number of hydrogen-bond donors (Lipinski definition) is 2. The lowest BCUT2D eigenvalue weighted by Crippen LogP contribution is -2.45. The topological polar surface area (TPSA) is 76.1 Å². The second-order valence-corrected chi connectivity index (χ2v) is 3.73. The van der Waals surface area contributed by atoms with Gasteiger partial charge in [0.2, 0.25) is 0 Å². The number of hydrogen-bond acceptors (Lipinski definition) is 3. The van der Waals surface area contributed by atoms with Crippen molar-refractivity contribution in [3.05, 3.63) is 0 Å². The van der Waals surface area contributed by atoms with Crippen LogP contribution in [0, 0.1) is 0 Å². The zero-order valence-corrected chi connectivity index (χ0v) is 8.67. The highest BCUT2D eigenvalue weighted by molar-refractivity contribution is 5.84. The number of likely N-dealkylation sites (N-methyl/N-ethyl adjacent to an activating group) is 2. The van der Waals surface area contributed by atoms with Gasteiger partial charge in [-0.2, -0.15) is 0 Å². The molecule has 0 aromatic heterocycles. The van der Waals surface area contributed by atoms with Gasteiger partial charge >= 0.3 is 12.1 Å². The van der Waals surface area contributed by atoms with Gasteiger partial charge in [-0.15, -0.1) is 0 Å². The molecule has 2 saturated heterocycles. The van der Waals surface area contributed by atoms with E-state index in [0.29, 0.717) is 0 Å². The van der Waals surface area contributed by atoms with Crippen molar-refractivity contribution in [3.8, 4) is 0 Å². The molecule has 0 unspecified atom stereocenters. The highest BCUT2D eigenvalue weighted by Crippen LogP contribution is 2.25. The van der Waals surface area contributed by atoms with E-state index in [0.717, 1.165) is 0 Å². The molecule has 0 aromatic rings. The molecule has 0 radical (unpaired) electrons. The first-order valence-electron chi connectivity index (χ1n) is 4.75. The van der Waals surface area contributed by atoms with Crippen molar-refractivity contribution < 1.29 is 14.7 Å². The van der Waals surface area contributed by atoms with Crippen LogP contribution < -0.4 is 5.32 Å². The minimum absolute atomic E-state index is 0.109. The lowest BCUT2D eigenvalue weighted by Gasteiger charge is -2.25. The number of amides is 4. The number of carbonyl (C=O) groups is 2. The standard InChI is InChI=1S/C8H14N4O3/c1-10-5-6(11(2)8(10)15)12(3-4-13)7(14)9-5/h5-6,13H,3-4H2,1-2H3,(H,9,14)/t5-,6-/m1/s1. The molecule has 0 aliphatic carbocycles. The van der Waals surface area contributed by atoms with Crippen molar-refractivity contribution in [1.29, 1.82) is 0 Å². The molecule has 2 fully saturated rings. The Balaban J connectivity index is 2.24. The molecule has 2 rings (SSSR count). The van der Waals surface area contributed by atoms with E-state index in [-0.39, 0.29) is 37.5 Å². The molecule has 7 heteroatoms. The van der Waals surface area contributed by atoms with Crippen LogP contribution in [-0.2, 0) is 0 Å². The number of carbonyl (C=O) groups excluding carboxylic acids is 2. The van der Waals surface area contributed by atoms with Gasteiger partial charge in [0.05, 0.1) is 6.61 Å². The summed E-state index contributed by atoms with van der Waals surface area (Å²) in [6.45, 7) is 0.126. The zero-order chi connectivity index (χ0) is 11.2. The van der Waals surface area contributed by atoms with Gasteiger partial charge in [-0.1, -0.05) is 0 Å². The summed E-state index contributed by atoms with van der Waals surface area (Å²) in [5.41, 5.74) is 0. The number of aliphatic hydroxyl groups excluding tert-OH is 1. The molecule has 0 bridgehead atoms. The quantitative estimate of drug-likeness (QED) is 0.597. The lowest BCUT2D eigenvalue weighted by atomic mass is 10.3. The predicted octanol–water partition coefficient (Wildman–Crippen LogP) is -1.35. The van der Waals surface area contributed by atoms with Crippen molar-refractivity contribution in [2.24, 2.45) is 0 Å². The van der Waals surface area contributed by atoms with E-state index in [1.165, 1.54) is 14.7 Å². The van der Waals surface area contributed by atoms with Gasteiger partial charge in [0.15, 0.2) is 0 Å². The van der Waals surface area contributed by atoms with Gasteiger partial charge in [-0.05, 0) is 0 Å². The number of β-amino-alcohol motifs (C(OH)–C–C–N with tert-alkyl or cyclic N) is 1. The molecule has 84 valence electrons. The molecule has 0 saturated carbocycles. The SMILES string of the molecule is CN1C(=O)N(C)[C@H]2NC(=O)N(CCO)[C@H]21. The third kappa shape index (κ3) is 1.23. The first-order chi connectivity index (χ1) is 7.07. The number of fused-ring (bicyclic) bond motifs is 1. The van der Waals surface area contributed by atoms with Crippen LogP contribution in [0.5, 0.6) is 0 Å². The van der Waals surface area contributed by atoms with Crippen LogP contribution in [0.2, 0.25) is 0 Å². The second kappa shape index (κ2) is 3.27. The minimum atomic E-state index is -0.318. The van der Waals surface area contributed by atoms with Crippen LogP contribution in [0.4, 0.5) is 9.59 Å². The van der Waals surface area contributed by atoms with Gasteiger partial charge < -0.3 is 20.2 Å². The molecular weight excluding hydrogens is 200 g/mol.